The highest BCUT2D eigenvalue weighted by Crippen LogP contribution is 2.09. The third kappa shape index (κ3) is 3.34. The van der Waals surface area contributed by atoms with Crippen molar-refractivity contribution in [3.05, 3.63) is 22.4 Å². The first-order chi connectivity index (χ1) is 9.59. The lowest BCUT2D eigenvalue weighted by molar-refractivity contribution is -0.157. The van der Waals surface area contributed by atoms with Gasteiger partial charge in [0, 0.05) is 6.54 Å². The average Bonchev–Trinajstić information content (AvgIpc) is 2.98. The molecule has 0 saturated carbocycles. The van der Waals surface area contributed by atoms with Crippen molar-refractivity contribution in [1.82, 2.24) is 10.2 Å². The van der Waals surface area contributed by atoms with Crippen LogP contribution in [0.4, 0.5) is 0 Å². The molecule has 0 aromatic carbocycles. The van der Waals surface area contributed by atoms with Gasteiger partial charge in [-0.25, -0.2) is 4.79 Å². The van der Waals surface area contributed by atoms with Crippen LogP contribution >= 0.6 is 11.3 Å². The van der Waals surface area contributed by atoms with Crippen molar-refractivity contribution >= 4 is 29.1 Å². The van der Waals surface area contributed by atoms with E-state index in [2.05, 4.69) is 5.32 Å². The molecule has 0 aliphatic carbocycles. The molecule has 0 bridgehead atoms. The number of amides is 2. The van der Waals surface area contributed by atoms with Gasteiger partial charge in [0.1, 0.15) is 0 Å². The number of morpholine rings is 1. The molecular formula is C12H14N2O5S. The highest BCUT2D eigenvalue weighted by Gasteiger charge is 2.32. The minimum atomic E-state index is -1.11. The van der Waals surface area contributed by atoms with E-state index in [0.29, 0.717) is 11.5 Å². The maximum atomic E-state index is 12.0. The Bertz CT molecular complexity index is 502. The van der Waals surface area contributed by atoms with Crippen LogP contribution in [0.2, 0.25) is 0 Å². The zero-order valence-electron chi connectivity index (χ0n) is 10.6. The summed E-state index contributed by atoms with van der Waals surface area (Å²) in [5.74, 6) is -1.87. The van der Waals surface area contributed by atoms with Gasteiger partial charge in [0.15, 0.2) is 6.04 Å². The summed E-state index contributed by atoms with van der Waals surface area (Å²) in [5, 5.41) is 13.3. The number of ether oxygens (including phenoxy) is 1. The zero-order valence-corrected chi connectivity index (χ0v) is 11.4. The first kappa shape index (κ1) is 14.5. The lowest BCUT2D eigenvalue weighted by Gasteiger charge is -2.32. The Hall–Kier alpha value is -1.93. The Labute approximate surface area is 119 Å². The molecule has 2 amide bonds. The van der Waals surface area contributed by atoms with E-state index in [1.807, 2.05) is 0 Å². The molecule has 1 aromatic rings. The second kappa shape index (κ2) is 6.49. The van der Waals surface area contributed by atoms with Crippen LogP contribution < -0.4 is 5.32 Å². The number of carboxylic acids is 1. The molecule has 1 saturated heterocycles. The summed E-state index contributed by atoms with van der Waals surface area (Å²) in [4.78, 5) is 36.4. The first-order valence-electron chi connectivity index (χ1n) is 6.01. The minimum absolute atomic E-state index is 0.0278. The summed E-state index contributed by atoms with van der Waals surface area (Å²) in [6, 6.07) is 2.40. The summed E-state index contributed by atoms with van der Waals surface area (Å²) < 4.78 is 5.05. The molecule has 8 heteroatoms. The van der Waals surface area contributed by atoms with Gasteiger partial charge < -0.3 is 20.1 Å². The summed E-state index contributed by atoms with van der Waals surface area (Å²) in [6.45, 7) is 0.263. The molecule has 1 atom stereocenters. The number of aliphatic carboxylic acids is 1. The van der Waals surface area contributed by atoms with Crippen LogP contribution in [0.5, 0.6) is 0 Å². The largest absolute Gasteiger partial charge is 0.480 e. The fraction of sp³-hybridized carbons (Fsp3) is 0.417. The van der Waals surface area contributed by atoms with E-state index in [-0.39, 0.29) is 25.6 Å². The highest BCUT2D eigenvalue weighted by atomic mass is 32.1. The molecule has 1 aliphatic rings. The highest BCUT2D eigenvalue weighted by molar-refractivity contribution is 7.12. The van der Waals surface area contributed by atoms with E-state index < -0.39 is 17.9 Å². The molecule has 0 spiro atoms. The van der Waals surface area contributed by atoms with Crippen molar-refractivity contribution in [2.24, 2.45) is 0 Å². The number of carboxylic acid groups (broad SMARTS) is 1. The normalized spacial score (nSPS) is 18.6. The van der Waals surface area contributed by atoms with E-state index >= 15 is 0 Å². The van der Waals surface area contributed by atoms with E-state index in [9.17, 15) is 14.4 Å². The van der Waals surface area contributed by atoms with Gasteiger partial charge in [-0.1, -0.05) is 6.07 Å². The van der Waals surface area contributed by atoms with Crippen molar-refractivity contribution in [2.75, 3.05) is 26.3 Å². The Balaban J connectivity index is 1.90. The average molecular weight is 298 g/mol. The summed E-state index contributed by atoms with van der Waals surface area (Å²) >= 11 is 1.27. The van der Waals surface area contributed by atoms with Crippen molar-refractivity contribution in [2.45, 2.75) is 6.04 Å². The van der Waals surface area contributed by atoms with Gasteiger partial charge in [-0.15, -0.1) is 11.3 Å². The first-order valence-corrected chi connectivity index (χ1v) is 6.89. The molecule has 7 nitrogen and oxygen atoms in total. The lowest BCUT2D eigenvalue weighted by atomic mass is 10.2. The third-order valence-corrected chi connectivity index (χ3v) is 3.75. The maximum absolute atomic E-state index is 12.0. The second-order valence-corrected chi connectivity index (χ2v) is 5.12. The number of carbonyl (C=O) groups excluding carboxylic acids is 2. The monoisotopic (exact) mass is 298 g/mol. The molecule has 2 rings (SSSR count). The quantitative estimate of drug-likeness (QED) is 0.802. The number of nitrogens with one attached hydrogen (secondary N) is 1. The molecule has 2 N–H and O–H groups in total. The number of hydrogen-bond acceptors (Lipinski definition) is 5. The van der Waals surface area contributed by atoms with E-state index in [1.165, 1.54) is 16.2 Å². The molecule has 20 heavy (non-hydrogen) atoms. The SMILES string of the molecule is O=C(NCC(=O)N1CCOCC1C(=O)O)c1cccs1. The van der Waals surface area contributed by atoms with Gasteiger partial charge in [-0.3, -0.25) is 9.59 Å². The van der Waals surface area contributed by atoms with E-state index in [4.69, 9.17) is 9.84 Å². The molecule has 1 aromatic heterocycles. The Morgan fingerprint density at radius 1 is 1.50 bits per heavy atom. The maximum Gasteiger partial charge on any atom is 0.328 e. The number of thiophene rings is 1. The van der Waals surface area contributed by atoms with Gasteiger partial charge in [0.25, 0.3) is 5.91 Å². The summed E-state index contributed by atoms with van der Waals surface area (Å²) in [7, 11) is 0. The van der Waals surface area contributed by atoms with Crippen LogP contribution in [-0.2, 0) is 14.3 Å². The standard InChI is InChI=1S/C12H14N2O5S/c15-10(6-13-11(16)9-2-1-5-20-9)14-3-4-19-7-8(14)12(17)18/h1-2,5,8H,3-4,6-7H2,(H,13,16)(H,17,18). The van der Waals surface area contributed by atoms with Crippen LogP contribution in [0, 0.1) is 0 Å². The number of hydrogen-bond donors (Lipinski definition) is 2. The van der Waals surface area contributed by atoms with Gasteiger partial charge >= 0.3 is 5.97 Å². The van der Waals surface area contributed by atoms with E-state index in [0.717, 1.165) is 0 Å². The molecule has 108 valence electrons. The fourth-order valence-corrected chi connectivity index (χ4v) is 2.50. The Kier molecular flexibility index (Phi) is 4.70. The van der Waals surface area contributed by atoms with Crippen molar-refractivity contribution in [1.29, 1.82) is 0 Å². The predicted octanol–water partition coefficient (Wildman–Crippen LogP) is -0.210. The minimum Gasteiger partial charge on any atom is -0.480 e. The van der Waals surface area contributed by atoms with Gasteiger partial charge in [0.05, 0.1) is 24.6 Å². The van der Waals surface area contributed by atoms with Crippen molar-refractivity contribution in [3.63, 3.8) is 0 Å². The van der Waals surface area contributed by atoms with E-state index in [1.54, 1.807) is 17.5 Å². The van der Waals surface area contributed by atoms with Crippen LogP contribution in [0.15, 0.2) is 17.5 Å². The summed E-state index contributed by atoms with van der Waals surface area (Å²) in [5.41, 5.74) is 0. The molecular weight excluding hydrogens is 284 g/mol. The smallest absolute Gasteiger partial charge is 0.328 e. The Morgan fingerprint density at radius 2 is 2.30 bits per heavy atom. The molecule has 1 aliphatic heterocycles. The van der Waals surface area contributed by atoms with Gasteiger partial charge in [-0.05, 0) is 11.4 Å². The van der Waals surface area contributed by atoms with Crippen LogP contribution in [0.25, 0.3) is 0 Å². The van der Waals surface area contributed by atoms with Crippen LogP contribution in [0.3, 0.4) is 0 Å². The van der Waals surface area contributed by atoms with Crippen molar-refractivity contribution in [3.8, 4) is 0 Å². The molecule has 1 unspecified atom stereocenters. The second-order valence-electron chi connectivity index (χ2n) is 4.18. The van der Waals surface area contributed by atoms with Gasteiger partial charge in [0.2, 0.25) is 5.91 Å². The fourth-order valence-electron chi connectivity index (χ4n) is 1.86. The number of rotatable bonds is 4. The molecule has 2 heterocycles. The lowest BCUT2D eigenvalue weighted by Crippen LogP contribution is -2.54. The zero-order chi connectivity index (χ0) is 14.5. The van der Waals surface area contributed by atoms with Gasteiger partial charge in [-0.2, -0.15) is 0 Å². The third-order valence-electron chi connectivity index (χ3n) is 2.88. The number of carbonyl (C=O) groups is 3. The van der Waals surface area contributed by atoms with Crippen LogP contribution in [-0.4, -0.2) is 60.1 Å². The molecule has 1 fully saturated rings. The topological polar surface area (TPSA) is 95.9 Å². The Morgan fingerprint density at radius 3 is 2.95 bits per heavy atom. The van der Waals surface area contributed by atoms with Crippen LogP contribution in [0.1, 0.15) is 9.67 Å². The predicted molar refractivity (Wildman–Crippen MR) is 70.6 cm³/mol. The van der Waals surface area contributed by atoms with Crippen molar-refractivity contribution < 1.29 is 24.2 Å². The summed E-state index contributed by atoms with van der Waals surface area (Å²) in [6.07, 6.45) is 0. The number of nitrogens with zero attached hydrogens (tertiary/aromatic N) is 1. The molecule has 0 radical (unpaired) electrons.